The summed E-state index contributed by atoms with van der Waals surface area (Å²) in [4.78, 5) is 14.9. The van der Waals surface area contributed by atoms with Gasteiger partial charge in [0.15, 0.2) is 6.61 Å². The maximum absolute atomic E-state index is 12.6. The van der Waals surface area contributed by atoms with E-state index >= 15 is 0 Å². The molecule has 27 heavy (non-hydrogen) atoms. The first-order chi connectivity index (χ1) is 12.8. The van der Waals surface area contributed by atoms with Crippen molar-refractivity contribution in [1.29, 1.82) is 0 Å². The van der Waals surface area contributed by atoms with Crippen LogP contribution in [0.3, 0.4) is 0 Å². The number of carbonyl (C=O) groups excluding carboxylic acids is 1. The molecule has 0 spiro atoms. The summed E-state index contributed by atoms with van der Waals surface area (Å²) >= 11 is 13.0. The van der Waals surface area contributed by atoms with E-state index in [-0.39, 0.29) is 25.6 Å². The van der Waals surface area contributed by atoms with E-state index in [0.29, 0.717) is 33.1 Å². The van der Waals surface area contributed by atoms with Crippen LogP contribution in [0.15, 0.2) is 34.5 Å². The zero-order chi connectivity index (χ0) is 19.6. The zero-order valence-electron chi connectivity index (χ0n) is 14.5. The minimum Gasteiger partial charge on any atom is -0.484 e. The number of hydrogen-bond acceptors (Lipinski definition) is 5. The monoisotopic (exact) mass is 448 g/mol. The average Bonchev–Trinajstić information content (AvgIpc) is 3.10. The highest BCUT2D eigenvalue weighted by molar-refractivity contribution is 7.91. The molecule has 6 nitrogen and oxygen atoms in total. The standard InChI is InChI=1S/C17H18Cl2N2O4S2/c1-12-2-5-17(26-12)27(23,24)21-8-6-20(7-9-21)16(22)11-25-13-3-4-14(18)15(19)10-13/h2-5,10H,6-9,11H2,1H3. The van der Waals surface area contributed by atoms with Gasteiger partial charge < -0.3 is 9.64 Å². The summed E-state index contributed by atoms with van der Waals surface area (Å²) in [5.74, 6) is 0.247. The third kappa shape index (κ3) is 4.75. The van der Waals surface area contributed by atoms with Gasteiger partial charge in [-0.05, 0) is 31.2 Å². The van der Waals surface area contributed by atoms with Gasteiger partial charge >= 0.3 is 0 Å². The number of nitrogens with zero attached hydrogens (tertiary/aromatic N) is 2. The molecule has 0 bridgehead atoms. The maximum atomic E-state index is 12.6. The molecule has 1 aromatic heterocycles. The summed E-state index contributed by atoms with van der Waals surface area (Å²) in [5, 5.41) is 0.762. The van der Waals surface area contributed by atoms with Crippen molar-refractivity contribution < 1.29 is 17.9 Å². The predicted molar refractivity (Wildman–Crippen MR) is 106 cm³/mol. The molecule has 0 aliphatic carbocycles. The third-order valence-electron chi connectivity index (χ3n) is 4.15. The summed E-state index contributed by atoms with van der Waals surface area (Å²) in [6, 6.07) is 8.19. The molecule has 1 fully saturated rings. The van der Waals surface area contributed by atoms with Gasteiger partial charge in [-0.25, -0.2) is 8.42 Å². The average molecular weight is 449 g/mol. The summed E-state index contributed by atoms with van der Waals surface area (Å²) in [6.07, 6.45) is 0. The lowest BCUT2D eigenvalue weighted by atomic mass is 10.3. The van der Waals surface area contributed by atoms with Crippen LogP contribution in [0.1, 0.15) is 4.88 Å². The number of piperazine rings is 1. The van der Waals surface area contributed by atoms with Crippen LogP contribution in [0.4, 0.5) is 0 Å². The van der Waals surface area contributed by atoms with E-state index in [1.54, 1.807) is 35.2 Å². The Balaban J connectivity index is 1.54. The number of amides is 1. The second-order valence-electron chi connectivity index (χ2n) is 6.01. The van der Waals surface area contributed by atoms with Crippen molar-refractivity contribution in [2.45, 2.75) is 11.1 Å². The van der Waals surface area contributed by atoms with Gasteiger partial charge in [0.05, 0.1) is 10.0 Å². The van der Waals surface area contributed by atoms with E-state index in [1.165, 1.54) is 15.6 Å². The molecule has 1 aliphatic heterocycles. The Hall–Kier alpha value is -1.32. The van der Waals surface area contributed by atoms with Crippen molar-refractivity contribution in [2.24, 2.45) is 0 Å². The minimum absolute atomic E-state index is 0.144. The van der Waals surface area contributed by atoms with Crippen molar-refractivity contribution in [1.82, 2.24) is 9.21 Å². The second kappa shape index (κ2) is 8.36. The Morgan fingerprint density at radius 1 is 1.11 bits per heavy atom. The molecule has 3 rings (SSSR count). The van der Waals surface area contributed by atoms with E-state index in [2.05, 4.69) is 0 Å². The number of hydrogen-bond donors (Lipinski definition) is 0. The lowest BCUT2D eigenvalue weighted by Gasteiger charge is -2.33. The highest BCUT2D eigenvalue weighted by Crippen LogP contribution is 2.27. The largest absolute Gasteiger partial charge is 0.484 e. The zero-order valence-corrected chi connectivity index (χ0v) is 17.7. The molecular formula is C17H18Cl2N2O4S2. The Kier molecular flexibility index (Phi) is 6.32. The van der Waals surface area contributed by atoms with Crippen LogP contribution in [0.25, 0.3) is 0 Å². The number of rotatable bonds is 5. The molecule has 0 saturated carbocycles. The summed E-state index contributed by atoms with van der Waals surface area (Å²) in [7, 11) is -3.50. The number of benzene rings is 1. The second-order valence-corrected chi connectivity index (χ2v) is 10.3. The molecule has 146 valence electrons. The van der Waals surface area contributed by atoms with Gasteiger partial charge in [0.2, 0.25) is 0 Å². The van der Waals surface area contributed by atoms with Crippen LogP contribution in [0, 0.1) is 6.92 Å². The van der Waals surface area contributed by atoms with E-state index in [1.807, 2.05) is 6.92 Å². The number of carbonyl (C=O) groups is 1. The number of thiophene rings is 1. The summed E-state index contributed by atoms with van der Waals surface area (Å²) in [6.45, 7) is 2.90. The van der Waals surface area contributed by atoms with Crippen molar-refractivity contribution >= 4 is 50.5 Å². The van der Waals surface area contributed by atoms with Crippen LogP contribution in [0.2, 0.25) is 10.0 Å². The Bertz CT molecular complexity index is 938. The quantitative estimate of drug-likeness (QED) is 0.703. The van der Waals surface area contributed by atoms with Gasteiger partial charge in [-0.15, -0.1) is 11.3 Å². The van der Waals surface area contributed by atoms with Crippen LogP contribution >= 0.6 is 34.5 Å². The lowest BCUT2D eigenvalue weighted by molar-refractivity contribution is -0.134. The SMILES string of the molecule is Cc1ccc(S(=O)(=O)N2CCN(C(=O)COc3ccc(Cl)c(Cl)c3)CC2)s1. The Morgan fingerprint density at radius 3 is 2.41 bits per heavy atom. The maximum Gasteiger partial charge on any atom is 0.260 e. The molecular weight excluding hydrogens is 431 g/mol. The van der Waals surface area contributed by atoms with Gasteiger partial charge in [0.25, 0.3) is 15.9 Å². The smallest absolute Gasteiger partial charge is 0.260 e. The number of sulfonamides is 1. The van der Waals surface area contributed by atoms with Crippen LogP contribution in [-0.2, 0) is 14.8 Å². The first kappa shape index (κ1) is 20.4. The third-order valence-corrected chi connectivity index (χ3v) is 8.26. The van der Waals surface area contributed by atoms with Gasteiger partial charge in [-0.2, -0.15) is 4.31 Å². The van der Waals surface area contributed by atoms with Gasteiger partial charge in [-0.1, -0.05) is 23.2 Å². The minimum atomic E-state index is -3.50. The normalized spacial score (nSPS) is 15.7. The summed E-state index contributed by atoms with van der Waals surface area (Å²) in [5.41, 5.74) is 0. The summed E-state index contributed by atoms with van der Waals surface area (Å²) < 4.78 is 32.5. The van der Waals surface area contributed by atoms with Crippen molar-refractivity contribution in [2.75, 3.05) is 32.8 Å². The molecule has 1 amide bonds. The van der Waals surface area contributed by atoms with Crippen LogP contribution in [0.5, 0.6) is 5.75 Å². The molecule has 10 heteroatoms. The molecule has 1 aliphatic rings. The first-order valence-corrected chi connectivity index (χ1v) is 11.2. The molecule has 1 saturated heterocycles. The van der Waals surface area contributed by atoms with E-state index in [4.69, 9.17) is 27.9 Å². The highest BCUT2D eigenvalue weighted by Gasteiger charge is 2.31. The molecule has 0 radical (unpaired) electrons. The van der Waals surface area contributed by atoms with Crippen LogP contribution < -0.4 is 4.74 Å². The fraction of sp³-hybridized carbons (Fsp3) is 0.353. The van der Waals surface area contributed by atoms with Crippen LogP contribution in [-0.4, -0.2) is 56.3 Å². The number of halogens is 2. The van der Waals surface area contributed by atoms with Crippen molar-refractivity contribution in [3.8, 4) is 5.75 Å². The van der Waals surface area contributed by atoms with Crippen molar-refractivity contribution in [3.05, 3.63) is 45.3 Å². The Morgan fingerprint density at radius 2 is 1.81 bits per heavy atom. The predicted octanol–water partition coefficient (Wildman–Crippen LogP) is 3.28. The highest BCUT2D eigenvalue weighted by atomic mass is 35.5. The van der Waals surface area contributed by atoms with Crippen molar-refractivity contribution in [3.63, 3.8) is 0 Å². The lowest BCUT2D eigenvalue weighted by Crippen LogP contribution is -2.51. The Labute approximate surface area is 172 Å². The number of aryl methyl sites for hydroxylation is 1. The molecule has 0 N–H and O–H groups in total. The molecule has 0 atom stereocenters. The number of ether oxygens (including phenoxy) is 1. The van der Waals surface area contributed by atoms with Gasteiger partial charge in [0.1, 0.15) is 9.96 Å². The molecule has 2 heterocycles. The molecule has 1 aromatic carbocycles. The molecule has 0 unspecified atom stereocenters. The molecule has 2 aromatic rings. The van der Waals surface area contributed by atoms with Gasteiger partial charge in [0, 0.05) is 37.1 Å². The fourth-order valence-electron chi connectivity index (χ4n) is 2.66. The topological polar surface area (TPSA) is 66.9 Å². The fourth-order valence-corrected chi connectivity index (χ4v) is 5.81. The van der Waals surface area contributed by atoms with E-state index < -0.39 is 10.0 Å². The van der Waals surface area contributed by atoms with Gasteiger partial charge in [-0.3, -0.25) is 4.79 Å². The van der Waals surface area contributed by atoms with E-state index in [9.17, 15) is 13.2 Å². The first-order valence-electron chi connectivity index (χ1n) is 8.19. The van der Waals surface area contributed by atoms with E-state index in [0.717, 1.165) is 4.88 Å².